The molecule has 2 aromatic heterocycles. The molecule has 0 bridgehead atoms. The number of thiazole rings is 1. The fourth-order valence-corrected chi connectivity index (χ4v) is 4.02. The number of aromatic nitrogens is 1. The van der Waals surface area contributed by atoms with Crippen LogP contribution >= 0.6 is 22.7 Å². The molecule has 0 spiro atoms. The van der Waals surface area contributed by atoms with E-state index in [-0.39, 0.29) is 10.8 Å². The van der Waals surface area contributed by atoms with Gasteiger partial charge >= 0.3 is 0 Å². The highest BCUT2D eigenvalue weighted by atomic mass is 32.2. The van der Waals surface area contributed by atoms with Crippen LogP contribution in [0.3, 0.4) is 0 Å². The van der Waals surface area contributed by atoms with Crippen LogP contribution in [0.4, 0.5) is 5.13 Å². The van der Waals surface area contributed by atoms with Crippen LogP contribution in [0.1, 0.15) is 4.88 Å². The Balaban J connectivity index is 2.17. The van der Waals surface area contributed by atoms with Crippen molar-refractivity contribution >= 4 is 37.8 Å². The first-order valence-corrected chi connectivity index (χ1v) is 8.01. The largest absolute Gasteiger partial charge is 0.320 e. The number of anilines is 1. The first-order chi connectivity index (χ1) is 8.62. The van der Waals surface area contributed by atoms with Crippen LogP contribution in [-0.4, -0.2) is 19.9 Å². The maximum atomic E-state index is 11.9. The predicted octanol–water partition coefficient (Wildman–Crippen LogP) is 1.32. The lowest BCUT2D eigenvalue weighted by molar-refractivity contribution is 0.603. The molecule has 0 amide bonds. The van der Waals surface area contributed by atoms with E-state index in [1.165, 1.54) is 23.6 Å². The van der Waals surface area contributed by atoms with Gasteiger partial charge in [-0.1, -0.05) is 29.2 Å². The molecule has 0 aliphatic rings. The molecule has 2 rings (SSSR count). The topological polar surface area (TPSA) is 85.1 Å². The fraction of sp³-hybridized carbons (Fsp3) is 0.100. The number of nitrogens with zero attached hydrogens (tertiary/aromatic N) is 1. The molecule has 0 aromatic carbocycles. The molecule has 5 nitrogen and oxygen atoms in total. The molecule has 18 heavy (non-hydrogen) atoms. The maximum Gasteiger partial charge on any atom is 0.273 e. The molecule has 3 N–H and O–H groups in total. The summed E-state index contributed by atoms with van der Waals surface area (Å²) < 4.78 is 26.5. The lowest BCUT2D eigenvalue weighted by Crippen LogP contribution is -2.10. The molecule has 0 saturated carbocycles. The molecule has 8 heteroatoms. The summed E-state index contributed by atoms with van der Waals surface area (Å²) in [5.74, 6) is 5.48. The first kappa shape index (κ1) is 13.0. The van der Waals surface area contributed by atoms with Crippen molar-refractivity contribution in [2.75, 3.05) is 11.3 Å². The molecule has 0 unspecified atom stereocenters. The Bertz CT molecular complexity index is 678. The van der Waals surface area contributed by atoms with Crippen LogP contribution in [0.2, 0.25) is 0 Å². The predicted molar refractivity (Wildman–Crippen MR) is 73.2 cm³/mol. The number of hydrogen-bond acceptors (Lipinski definition) is 6. The molecular weight excluding hydrogens is 290 g/mol. The van der Waals surface area contributed by atoms with Crippen molar-refractivity contribution in [3.8, 4) is 11.8 Å². The molecule has 0 saturated heterocycles. The van der Waals surface area contributed by atoms with E-state index in [1.54, 1.807) is 11.4 Å². The molecule has 0 aliphatic heterocycles. The van der Waals surface area contributed by atoms with Gasteiger partial charge in [-0.15, -0.1) is 11.3 Å². The van der Waals surface area contributed by atoms with Gasteiger partial charge in [-0.05, 0) is 11.4 Å². The lowest BCUT2D eigenvalue weighted by Gasteiger charge is -2.00. The lowest BCUT2D eigenvalue weighted by atomic mass is 10.5. The Morgan fingerprint density at radius 3 is 3.00 bits per heavy atom. The minimum absolute atomic E-state index is 0.257. The summed E-state index contributed by atoms with van der Waals surface area (Å²) in [5, 5.41) is 2.00. The Hall–Kier alpha value is -1.40. The molecule has 0 radical (unpaired) electrons. The van der Waals surface area contributed by atoms with Crippen molar-refractivity contribution in [3.05, 3.63) is 28.6 Å². The molecule has 2 aromatic rings. The highest BCUT2D eigenvalue weighted by Gasteiger charge is 2.16. The second-order valence-electron chi connectivity index (χ2n) is 3.07. The second kappa shape index (κ2) is 5.49. The average Bonchev–Trinajstić information content (AvgIpc) is 2.96. The van der Waals surface area contributed by atoms with Gasteiger partial charge in [0, 0.05) is 0 Å². The standard InChI is InChI=1S/C10H9N3O2S3/c11-5-1-3-8-7-12-10(17-8)13-18(14,15)9-4-2-6-16-9/h2,4,6-7H,5,11H2,(H,12,13). The van der Waals surface area contributed by atoms with Gasteiger partial charge in [0.05, 0.1) is 17.6 Å². The summed E-state index contributed by atoms with van der Waals surface area (Å²) in [6, 6.07) is 3.22. The highest BCUT2D eigenvalue weighted by molar-refractivity contribution is 7.94. The van der Waals surface area contributed by atoms with Crippen molar-refractivity contribution in [1.82, 2.24) is 4.98 Å². The number of thiophene rings is 1. The monoisotopic (exact) mass is 299 g/mol. The van der Waals surface area contributed by atoms with E-state index < -0.39 is 10.0 Å². The van der Waals surface area contributed by atoms with E-state index in [1.807, 2.05) is 0 Å². The third-order valence-electron chi connectivity index (χ3n) is 1.80. The van der Waals surface area contributed by atoms with Crippen molar-refractivity contribution < 1.29 is 8.42 Å². The zero-order valence-corrected chi connectivity index (χ0v) is 11.5. The molecule has 0 aliphatic carbocycles. The van der Waals surface area contributed by atoms with E-state index in [2.05, 4.69) is 21.5 Å². The zero-order valence-electron chi connectivity index (χ0n) is 9.08. The molecule has 0 fully saturated rings. The smallest absolute Gasteiger partial charge is 0.273 e. The third kappa shape index (κ3) is 3.08. The fourth-order valence-electron chi connectivity index (χ4n) is 1.10. The van der Waals surface area contributed by atoms with Gasteiger partial charge in [0.15, 0.2) is 5.13 Å². The van der Waals surface area contributed by atoms with Crippen LogP contribution in [0.25, 0.3) is 0 Å². The Kier molecular flexibility index (Phi) is 3.98. The number of hydrogen-bond donors (Lipinski definition) is 2. The Labute approximate surface area is 113 Å². The molecule has 2 heterocycles. The SMILES string of the molecule is NCC#Cc1cnc(NS(=O)(=O)c2cccs2)s1. The van der Waals surface area contributed by atoms with Gasteiger partial charge in [-0.25, -0.2) is 13.4 Å². The van der Waals surface area contributed by atoms with Crippen molar-refractivity contribution in [3.63, 3.8) is 0 Å². The summed E-state index contributed by atoms with van der Waals surface area (Å²) in [6.07, 6.45) is 1.51. The van der Waals surface area contributed by atoms with Gasteiger partial charge in [0.1, 0.15) is 4.21 Å². The second-order valence-corrected chi connectivity index (χ2v) is 6.96. The first-order valence-electron chi connectivity index (χ1n) is 4.83. The van der Waals surface area contributed by atoms with E-state index >= 15 is 0 Å². The minimum atomic E-state index is -3.53. The van der Waals surface area contributed by atoms with E-state index in [0.29, 0.717) is 10.0 Å². The van der Waals surface area contributed by atoms with Gasteiger partial charge in [0.25, 0.3) is 10.0 Å². The highest BCUT2D eigenvalue weighted by Crippen LogP contribution is 2.23. The van der Waals surface area contributed by atoms with E-state index in [9.17, 15) is 8.42 Å². The molecular formula is C10H9N3O2S3. The molecule has 94 valence electrons. The number of rotatable bonds is 3. The normalized spacial score (nSPS) is 10.7. The summed E-state index contributed by atoms with van der Waals surface area (Å²) in [7, 11) is -3.53. The van der Waals surface area contributed by atoms with Crippen molar-refractivity contribution in [1.29, 1.82) is 0 Å². The minimum Gasteiger partial charge on any atom is -0.320 e. The Morgan fingerprint density at radius 1 is 1.50 bits per heavy atom. The van der Waals surface area contributed by atoms with Crippen LogP contribution in [0.5, 0.6) is 0 Å². The van der Waals surface area contributed by atoms with Gasteiger partial charge < -0.3 is 5.73 Å². The van der Waals surface area contributed by atoms with E-state index in [0.717, 1.165) is 11.3 Å². The van der Waals surface area contributed by atoms with Crippen LogP contribution in [0, 0.1) is 11.8 Å². The van der Waals surface area contributed by atoms with Crippen molar-refractivity contribution in [2.45, 2.75) is 4.21 Å². The summed E-state index contributed by atoms with van der Waals surface area (Å²) >= 11 is 2.32. The van der Waals surface area contributed by atoms with Gasteiger partial charge in [-0.3, -0.25) is 4.72 Å². The van der Waals surface area contributed by atoms with Crippen LogP contribution in [-0.2, 0) is 10.0 Å². The summed E-state index contributed by atoms with van der Waals surface area (Å²) in [5.41, 5.74) is 5.25. The van der Waals surface area contributed by atoms with Crippen LogP contribution in [0.15, 0.2) is 27.9 Å². The van der Waals surface area contributed by atoms with Gasteiger partial charge in [0.2, 0.25) is 0 Å². The number of nitrogens with one attached hydrogen (secondary N) is 1. The van der Waals surface area contributed by atoms with Gasteiger partial charge in [-0.2, -0.15) is 0 Å². The summed E-state index contributed by atoms with van der Waals surface area (Å²) in [4.78, 5) is 4.62. The number of nitrogens with two attached hydrogens (primary N) is 1. The van der Waals surface area contributed by atoms with Crippen molar-refractivity contribution in [2.24, 2.45) is 5.73 Å². The van der Waals surface area contributed by atoms with E-state index in [4.69, 9.17) is 5.73 Å². The average molecular weight is 299 g/mol. The maximum absolute atomic E-state index is 11.9. The number of sulfonamides is 1. The Morgan fingerprint density at radius 2 is 2.33 bits per heavy atom. The quantitative estimate of drug-likeness (QED) is 0.837. The van der Waals surface area contributed by atoms with Crippen LogP contribution < -0.4 is 10.5 Å². The summed E-state index contributed by atoms with van der Waals surface area (Å²) in [6.45, 7) is 0.258. The third-order valence-corrected chi connectivity index (χ3v) is 5.49. The zero-order chi connectivity index (χ0) is 13.0. The molecule has 0 atom stereocenters.